The first-order chi connectivity index (χ1) is 11.7. The number of hydrogen-bond acceptors (Lipinski definition) is 6. The van der Waals surface area contributed by atoms with E-state index >= 15 is 0 Å². The Morgan fingerprint density at radius 3 is 2.36 bits per heavy atom. The van der Waals surface area contributed by atoms with Crippen LogP contribution in [0.4, 0.5) is 19.0 Å². The number of nitrogens with zero attached hydrogens (tertiary/aromatic N) is 3. The predicted octanol–water partition coefficient (Wildman–Crippen LogP) is 2.82. The molecule has 0 aliphatic heterocycles. The van der Waals surface area contributed by atoms with Crippen molar-refractivity contribution in [3.05, 3.63) is 29.0 Å². The average molecular weight is 354 g/mol. The Labute approximate surface area is 141 Å². The fourth-order valence-corrected chi connectivity index (χ4v) is 2.66. The summed E-state index contributed by atoms with van der Waals surface area (Å²) in [5.41, 5.74) is 0.556. The molecule has 0 atom stereocenters. The fourth-order valence-electron chi connectivity index (χ4n) is 2.66. The van der Waals surface area contributed by atoms with Gasteiger partial charge < -0.3 is 15.5 Å². The summed E-state index contributed by atoms with van der Waals surface area (Å²) in [4.78, 5) is 3.72. The first-order valence-electron chi connectivity index (χ1n) is 7.72. The molecule has 0 saturated heterocycles. The molecule has 2 aromatic heterocycles. The lowest BCUT2D eigenvalue weighted by Gasteiger charge is -2.32. The van der Waals surface area contributed by atoms with Gasteiger partial charge in [0.1, 0.15) is 17.1 Å². The summed E-state index contributed by atoms with van der Waals surface area (Å²) < 4.78 is 38.0. The van der Waals surface area contributed by atoms with E-state index in [9.17, 15) is 23.4 Å². The number of alkyl halides is 3. The lowest BCUT2D eigenvalue weighted by Crippen LogP contribution is -2.39. The molecule has 6 nitrogen and oxygen atoms in total. The van der Waals surface area contributed by atoms with Crippen molar-refractivity contribution in [3.63, 3.8) is 0 Å². The minimum atomic E-state index is -4.58. The van der Waals surface area contributed by atoms with E-state index in [1.807, 2.05) is 0 Å². The summed E-state index contributed by atoms with van der Waals surface area (Å²) in [5.74, 6) is -0.0565. The molecule has 134 valence electrons. The van der Waals surface area contributed by atoms with Gasteiger partial charge in [0.05, 0.1) is 11.7 Å². The van der Waals surface area contributed by atoms with Crippen LogP contribution in [0, 0.1) is 13.8 Å². The van der Waals surface area contributed by atoms with E-state index in [0.717, 1.165) is 5.56 Å². The Morgan fingerprint density at radius 2 is 1.80 bits per heavy atom. The van der Waals surface area contributed by atoms with Gasteiger partial charge in [-0.25, -0.2) is 4.98 Å². The number of anilines is 1. The molecule has 1 fully saturated rings. The monoisotopic (exact) mass is 354 g/mol. The van der Waals surface area contributed by atoms with Crippen LogP contribution in [0.1, 0.15) is 29.5 Å². The van der Waals surface area contributed by atoms with Crippen molar-refractivity contribution in [1.82, 2.24) is 15.2 Å². The van der Waals surface area contributed by atoms with E-state index in [1.165, 1.54) is 0 Å². The summed E-state index contributed by atoms with van der Waals surface area (Å²) in [6, 6.07) is 0.742. The highest BCUT2D eigenvalue weighted by atomic mass is 19.4. The van der Waals surface area contributed by atoms with Crippen LogP contribution >= 0.6 is 0 Å². The molecule has 0 aromatic carbocycles. The van der Waals surface area contributed by atoms with Gasteiger partial charge in [-0.05, 0) is 43.9 Å². The zero-order valence-electron chi connectivity index (χ0n) is 13.6. The molecule has 2 heterocycles. The molecule has 3 rings (SSSR count). The summed E-state index contributed by atoms with van der Waals surface area (Å²) >= 11 is 0. The Balaban J connectivity index is 1.91. The molecule has 9 heteroatoms. The molecule has 0 bridgehead atoms. The van der Waals surface area contributed by atoms with E-state index in [1.54, 1.807) is 13.8 Å². The van der Waals surface area contributed by atoms with Gasteiger partial charge in [-0.15, -0.1) is 10.2 Å². The molecule has 0 unspecified atom stereocenters. The summed E-state index contributed by atoms with van der Waals surface area (Å²) in [6.07, 6.45) is -2.97. The predicted molar refractivity (Wildman–Crippen MR) is 84.1 cm³/mol. The third-order valence-corrected chi connectivity index (χ3v) is 4.40. The highest BCUT2D eigenvalue weighted by Gasteiger charge is 2.32. The Hall–Kier alpha value is -2.42. The van der Waals surface area contributed by atoms with Crippen LogP contribution in [-0.4, -0.2) is 37.5 Å². The Kier molecular flexibility index (Phi) is 4.28. The molecule has 0 amide bonds. The lowest BCUT2D eigenvalue weighted by atomic mass is 9.89. The topological polar surface area (TPSA) is 91.2 Å². The molecular weight excluding hydrogens is 337 g/mol. The van der Waals surface area contributed by atoms with Crippen molar-refractivity contribution < 1.29 is 23.4 Å². The highest BCUT2D eigenvalue weighted by molar-refractivity contribution is 5.68. The first-order valence-corrected chi connectivity index (χ1v) is 7.72. The first kappa shape index (κ1) is 17.4. The van der Waals surface area contributed by atoms with Gasteiger partial charge >= 0.3 is 6.18 Å². The Morgan fingerprint density at radius 1 is 1.12 bits per heavy atom. The number of aromatic hydroxyl groups is 1. The smallest absolute Gasteiger partial charge is 0.418 e. The lowest BCUT2D eigenvalue weighted by molar-refractivity contribution is -0.137. The van der Waals surface area contributed by atoms with Crippen LogP contribution in [0.3, 0.4) is 0 Å². The van der Waals surface area contributed by atoms with Crippen LogP contribution in [0.25, 0.3) is 11.4 Å². The molecule has 1 aliphatic rings. The zero-order valence-corrected chi connectivity index (χ0v) is 13.6. The average Bonchev–Trinajstić information content (AvgIpc) is 2.50. The van der Waals surface area contributed by atoms with Crippen molar-refractivity contribution in [2.45, 2.75) is 45.0 Å². The van der Waals surface area contributed by atoms with Gasteiger partial charge in [0.2, 0.25) is 0 Å². The number of rotatable bonds is 3. The van der Waals surface area contributed by atoms with Crippen LogP contribution in [0.5, 0.6) is 5.75 Å². The largest absolute Gasteiger partial charge is 0.506 e. The quantitative estimate of drug-likeness (QED) is 0.785. The third kappa shape index (κ3) is 3.37. The molecule has 2 aromatic rings. The second kappa shape index (κ2) is 6.14. The zero-order chi connectivity index (χ0) is 18.4. The number of aromatic nitrogens is 3. The van der Waals surface area contributed by atoms with E-state index in [4.69, 9.17) is 0 Å². The molecule has 1 aliphatic carbocycles. The van der Waals surface area contributed by atoms with Gasteiger partial charge in [-0.2, -0.15) is 13.2 Å². The van der Waals surface area contributed by atoms with Gasteiger partial charge in [0.15, 0.2) is 5.82 Å². The minimum Gasteiger partial charge on any atom is -0.506 e. The number of aliphatic hydroxyl groups excluding tert-OH is 1. The number of halogens is 3. The van der Waals surface area contributed by atoms with Crippen molar-refractivity contribution in [2.75, 3.05) is 5.32 Å². The molecule has 25 heavy (non-hydrogen) atoms. The maximum absolute atomic E-state index is 12.7. The second-order valence-corrected chi connectivity index (χ2v) is 6.20. The fraction of sp³-hybridized carbons (Fsp3) is 0.438. The molecule has 1 saturated carbocycles. The molecule has 3 N–H and O–H groups in total. The normalized spacial score (nSPS) is 20.2. The number of pyridine rings is 1. The number of hydrogen-bond donors (Lipinski definition) is 3. The van der Waals surface area contributed by atoms with Crippen LogP contribution in [0.2, 0.25) is 0 Å². The third-order valence-electron chi connectivity index (χ3n) is 4.40. The Bertz CT molecular complexity index is 805. The maximum atomic E-state index is 12.7. The van der Waals surface area contributed by atoms with Gasteiger partial charge in [0, 0.05) is 12.2 Å². The van der Waals surface area contributed by atoms with E-state index < -0.39 is 17.5 Å². The molecule has 0 spiro atoms. The maximum Gasteiger partial charge on any atom is 0.418 e. The van der Waals surface area contributed by atoms with Gasteiger partial charge in [-0.3, -0.25) is 0 Å². The van der Waals surface area contributed by atoms with Gasteiger partial charge in [0.25, 0.3) is 0 Å². The minimum absolute atomic E-state index is 0.0493. The molecule has 0 radical (unpaired) electrons. The number of aliphatic hydroxyl groups is 1. The van der Waals surface area contributed by atoms with Crippen molar-refractivity contribution >= 4 is 5.82 Å². The summed E-state index contributed by atoms with van der Waals surface area (Å²) in [6.45, 7) is 3.53. The van der Waals surface area contributed by atoms with Crippen LogP contribution in [-0.2, 0) is 6.18 Å². The van der Waals surface area contributed by atoms with Crippen molar-refractivity contribution in [3.8, 4) is 17.1 Å². The van der Waals surface area contributed by atoms with Gasteiger partial charge in [-0.1, -0.05) is 0 Å². The van der Waals surface area contributed by atoms with Crippen molar-refractivity contribution in [1.29, 1.82) is 0 Å². The highest BCUT2D eigenvalue weighted by Crippen LogP contribution is 2.36. The summed E-state index contributed by atoms with van der Waals surface area (Å²) in [7, 11) is 0. The second-order valence-electron chi connectivity index (χ2n) is 6.20. The molecular formula is C16H17F3N4O2. The van der Waals surface area contributed by atoms with E-state index in [2.05, 4.69) is 20.5 Å². The standard InChI is InChI=1S/C16H17F3N4O2/c1-7-8(2)15(21-10-4-11(24)5-10)23-22-13(7)14-12(25)3-9(6-20-14)16(17,18)19/h3,6,10-11,24-25H,4-5H2,1-2H3,(H,21,23). The van der Waals surface area contributed by atoms with E-state index in [0.29, 0.717) is 36.5 Å². The van der Waals surface area contributed by atoms with Crippen LogP contribution < -0.4 is 5.32 Å². The van der Waals surface area contributed by atoms with E-state index in [-0.39, 0.29) is 23.5 Å². The SMILES string of the molecule is Cc1c(NC2CC(O)C2)nnc(-c2ncc(C(F)(F)F)cc2O)c1C. The number of nitrogens with one attached hydrogen (secondary N) is 1. The van der Waals surface area contributed by atoms with Crippen LogP contribution in [0.15, 0.2) is 12.3 Å². The summed E-state index contributed by atoms with van der Waals surface area (Å²) in [5, 5.41) is 30.5. The van der Waals surface area contributed by atoms with Crippen molar-refractivity contribution in [2.24, 2.45) is 0 Å².